The Morgan fingerprint density at radius 1 is 0.906 bits per heavy atom. The average Bonchev–Trinajstić information content (AvgIpc) is 2.85. The lowest BCUT2D eigenvalue weighted by atomic mass is 9.89. The van der Waals surface area contributed by atoms with Gasteiger partial charge in [0.25, 0.3) is 0 Å². The number of ether oxygens (including phenoxy) is 1. The van der Waals surface area contributed by atoms with E-state index < -0.39 is 0 Å². The van der Waals surface area contributed by atoms with Crippen molar-refractivity contribution in [3.8, 4) is 5.75 Å². The Labute approximate surface area is 188 Å². The lowest BCUT2D eigenvalue weighted by Gasteiger charge is -2.40. The number of fused-ring (bicyclic) bond motifs is 5. The Kier molecular flexibility index (Phi) is 5.24. The monoisotopic (exact) mass is 430 g/mol. The molecule has 0 saturated carbocycles. The fourth-order valence-corrected chi connectivity index (χ4v) is 5.75. The fraction of sp³-hybridized carbons (Fsp3) is 0.444. The molecule has 166 valence electrons. The van der Waals surface area contributed by atoms with Crippen molar-refractivity contribution in [2.45, 2.75) is 57.7 Å². The van der Waals surface area contributed by atoms with Crippen LogP contribution in [0.2, 0.25) is 0 Å². The third-order valence-corrected chi connectivity index (χ3v) is 7.52. The summed E-state index contributed by atoms with van der Waals surface area (Å²) in [6.07, 6.45) is 6.31. The highest BCUT2D eigenvalue weighted by atomic mass is 16.5. The first-order chi connectivity index (χ1) is 15.8. The van der Waals surface area contributed by atoms with Gasteiger partial charge in [-0.25, -0.2) is 4.79 Å². The molecular weight excluding hydrogens is 400 g/mol. The van der Waals surface area contributed by atoms with Gasteiger partial charge in [0.1, 0.15) is 18.1 Å². The molecule has 3 aliphatic rings. The van der Waals surface area contributed by atoms with Crippen molar-refractivity contribution in [3.63, 3.8) is 0 Å². The highest BCUT2D eigenvalue weighted by Gasteiger charge is 2.30. The van der Waals surface area contributed by atoms with Crippen LogP contribution in [0, 0.1) is 0 Å². The Morgan fingerprint density at radius 3 is 2.50 bits per heavy atom. The molecule has 2 aromatic carbocycles. The minimum Gasteiger partial charge on any atom is -0.478 e. The van der Waals surface area contributed by atoms with Gasteiger partial charge in [0.15, 0.2) is 0 Å². The maximum atomic E-state index is 12.7. The van der Waals surface area contributed by atoms with Crippen molar-refractivity contribution in [3.05, 3.63) is 75.1 Å². The molecule has 1 fully saturated rings. The molecule has 1 aliphatic carbocycles. The lowest BCUT2D eigenvalue weighted by Crippen LogP contribution is -2.47. The van der Waals surface area contributed by atoms with E-state index in [1.54, 1.807) is 0 Å². The van der Waals surface area contributed by atoms with E-state index in [0.717, 1.165) is 92.5 Å². The maximum absolute atomic E-state index is 12.7. The number of benzene rings is 2. The molecule has 0 spiro atoms. The standard InChI is InChI=1S/C27H30N2O3/c30-27-23-9-5-4-8-21(23)22-10-11-25-24(26(22)32-27)17-29(18-31-25)20-12-14-28(15-13-20)16-19-6-2-1-3-7-19/h1-3,6-7,10-11,20H,4-5,8-9,12-18H2. The second kappa shape index (κ2) is 8.38. The number of likely N-dealkylation sites (tertiary alicyclic amines) is 1. The SMILES string of the molecule is O=c1oc2c3c(ccc2c2c1CCCC2)OCN(C1CCN(Cc2ccccc2)CC1)C3. The number of hydrogen-bond acceptors (Lipinski definition) is 5. The van der Waals surface area contributed by atoms with Gasteiger partial charge in [-0.1, -0.05) is 30.3 Å². The van der Waals surface area contributed by atoms with Gasteiger partial charge in [-0.05, 0) is 74.9 Å². The van der Waals surface area contributed by atoms with Crippen LogP contribution in [0.15, 0.2) is 51.7 Å². The molecule has 0 radical (unpaired) electrons. The topological polar surface area (TPSA) is 45.9 Å². The summed E-state index contributed by atoms with van der Waals surface area (Å²) in [5.74, 6) is 0.870. The Hall–Kier alpha value is -2.63. The van der Waals surface area contributed by atoms with Gasteiger partial charge in [0.05, 0.1) is 5.56 Å². The molecular formula is C27H30N2O3. The van der Waals surface area contributed by atoms with Gasteiger partial charge in [-0.15, -0.1) is 0 Å². The van der Waals surface area contributed by atoms with E-state index in [4.69, 9.17) is 9.15 Å². The van der Waals surface area contributed by atoms with Crippen molar-refractivity contribution in [2.24, 2.45) is 0 Å². The summed E-state index contributed by atoms with van der Waals surface area (Å²) in [6, 6.07) is 15.4. The molecule has 0 unspecified atom stereocenters. The normalized spacial score (nSPS) is 20.0. The summed E-state index contributed by atoms with van der Waals surface area (Å²) in [6.45, 7) is 4.62. The zero-order chi connectivity index (χ0) is 21.5. The molecule has 6 rings (SSSR count). The summed E-state index contributed by atoms with van der Waals surface area (Å²) in [5, 5.41) is 1.11. The number of nitrogens with zero attached hydrogens (tertiary/aromatic N) is 2. The van der Waals surface area contributed by atoms with Crippen LogP contribution in [0.25, 0.3) is 11.0 Å². The van der Waals surface area contributed by atoms with Crippen LogP contribution in [0.1, 0.15) is 47.9 Å². The number of rotatable bonds is 3. The Bertz CT molecular complexity index is 1180. The third kappa shape index (κ3) is 3.63. The van der Waals surface area contributed by atoms with E-state index in [1.165, 1.54) is 11.1 Å². The Balaban J connectivity index is 1.21. The highest BCUT2D eigenvalue weighted by molar-refractivity contribution is 5.86. The summed E-state index contributed by atoms with van der Waals surface area (Å²) in [5.41, 5.74) is 5.13. The highest BCUT2D eigenvalue weighted by Crippen LogP contribution is 2.36. The molecule has 0 N–H and O–H groups in total. The molecule has 1 saturated heterocycles. The fourth-order valence-electron chi connectivity index (χ4n) is 5.75. The molecule has 1 aromatic heterocycles. The summed E-state index contributed by atoms with van der Waals surface area (Å²) in [7, 11) is 0. The predicted octanol–water partition coefficient (Wildman–Crippen LogP) is 4.49. The zero-order valence-electron chi connectivity index (χ0n) is 18.5. The largest absolute Gasteiger partial charge is 0.478 e. The van der Waals surface area contributed by atoms with Gasteiger partial charge >= 0.3 is 5.63 Å². The van der Waals surface area contributed by atoms with Crippen LogP contribution in [0.3, 0.4) is 0 Å². The van der Waals surface area contributed by atoms with Crippen molar-refractivity contribution >= 4 is 11.0 Å². The first kappa shape index (κ1) is 20.0. The second-order valence-corrected chi connectivity index (χ2v) is 9.49. The van der Waals surface area contributed by atoms with E-state index in [-0.39, 0.29) is 5.63 Å². The lowest BCUT2D eigenvalue weighted by molar-refractivity contribution is 0.0244. The summed E-state index contributed by atoms with van der Waals surface area (Å²) in [4.78, 5) is 17.7. The molecule has 0 atom stereocenters. The van der Waals surface area contributed by atoms with Crippen LogP contribution < -0.4 is 10.4 Å². The van der Waals surface area contributed by atoms with Gasteiger partial charge in [0, 0.05) is 30.1 Å². The van der Waals surface area contributed by atoms with Gasteiger partial charge in [-0.2, -0.15) is 0 Å². The van der Waals surface area contributed by atoms with Crippen molar-refractivity contribution < 1.29 is 9.15 Å². The number of aryl methyl sites for hydroxylation is 1. The maximum Gasteiger partial charge on any atom is 0.339 e. The number of hydrogen-bond donors (Lipinski definition) is 0. The molecule has 5 nitrogen and oxygen atoms in total. The minimum atomic E-state index is -0.146. The predicted molar refractivity (Wildman–Crippen MR) is 125 cm³/mol. The van der Waals surface area contributed by atoms with Crippen molar-refractivity contribution in [1.29, 1.82) is 0 Å². The van der Waals surface area contributed by atoms with Crippen LogP contribution in [0.4, 0.5) is 0 Å². The average molecular weight is 431 g/mol. The third-order valence-electron chi connectivity index (χ3n) is 7.52. The number of piperidine rings is 1. The quantitative estimate of drug-likeness (QED) is 0.573. The van der Waals surface area contributed by atoms with Gasteiger partial charge < -0.3 is 9.15 Å². The Morgan fingerprint density at radius 2 is 1.69 bits per heavy atom. The first-order valence-electron chi connectivity index (χ1n) is 12.0. The first-order valence-corrected chi connectivity index (χ1v) is 12.0. The van der Waals surface area contributed by atoms with Crippen LogP contribution in [-0.2, 0) is 25.9 Å². The van der Waals surface area contributed by atoms with E-state index in [9.17, 15) is 4.79 Å². The molecule has 3 heterocycles. The van der Waals surface area contributed by atoms with Crippen LogP contribution >= 0.6 is 0 Å². The van der Waals surface area contributed by atoms with E-state index in [1.807, 2.05) is 0 Å². The van der Waals surface area contributed by atoms with Crippen molar-refractivity contribution in [1.82, 2.24) is 9.80 Å². The van der Waals surface area contributed by atoms with E-state index in [0.29, 0.717) is 12.8 Å². The van der Waals surface area contributed by atoms with Crippen LogP contribution in [0.5, 0.6) is 5.75 Å². The summed E-state index contributed by atoms with van der Waals surface area (Å²) < 4.78 is 12.1. The molecule has 0 bridgehead atoms. The van der Waals surface area contributed by atoms with Crippen LogP contribution in [-0.4, -0.2) is 35.7 Å². The second-order valence-electron chi connectivity index (χ2n) is 9.49. The van der Waals surface area contributed by atoms with Gasteiger partial charge in [0.2, 0.25) is 0 Å². The molecule has 2 aliphatic heterocycles. The molecule has 32 heavy (non-hydrogen) atoms. The molecule has 0 amide bonds. The van der Waals surface area contributed by atoms with E-state index in [2.05, 4.69) is 52.3 Å². The molecule has 5 heteroatoms. The smallest absolute Gasteiger partial charge is 0.339 e. The zero-order valence-corrected chi connectivity index (χ0v) is 18.5. The van der Waals surface area contributed by atoms with Gasteiger partial charge in [-0.3, -0.25) is 9.80 Å². The molecule has 3 aromatic rings. The van der Waals surface area contributed by atoms with E-state index >= 15 is 0 Å². The summed E-state index contributed by atoms with van der Waals surface area (Å²) >= 11 is 0. The van der Waals surface area contributed by atoms with Crippen molar-refractivity contribution in [2.75, 3.05) is 19.8 Å². The minimum absolute atomic E-state index is 0.146.